The Labute approximate surface area is 150 Å². The molecule has 128 valence electrons. The van der Waals surface area contributed by atoms with Crippen molar-refractivity contribution >= 4 is 17.2 Å². The van der Waals surface area contributed by atoms with Crippen LogP contribution in [0.1, 0.15) is 30.2 Å². The molecular weight excluding hydrogens is 334 g/mol. The third-order valence-electron chi connectivity index (χ3n) is 4.60. The number of carbonyl (C=O) groups is 1. The van der Waals surface area contributed by atoms with Crippen LogP contribution in [0.15, 0.2) is 51.6 Å². The van der Waals surface area contributed by atoms with E-state index in [0.717, 1.165) is 25.1 Å². The molecule has 1 saturated heterocycles. The van der Waals surface area contributed by atoms with Crippen LogP contribution in [0, 0.1) is 0 Å². The van der Waals surface area contributed by atoms with Crippen LogP contribution in [0.5, 0.6) is 0 Å². The minimum Gasteiger partial charge on any atom is -0.421 e. The molecule has 1 unspecified atom stereocenters. The molecule has 0 saturated carbocycles. The molecule has 1 atom stereocenters. The summed E-state index contributed by atoms with van der Waals surface area (Å²) in [5.74, 6) is 1.65. The number of hydrogen-bond donors (Lipinski definition) is 0. The lowest BCUT2D eigenvalue weighted by atomic mass is 9.99. The molecule has 1 amide bonds. The molecule has 0 N–H and O–H groups in total. The van der Waals surface area contributed by atoms with E-state index in [2.05, 4.69) is 34.5 Å². The van der Waals surface area contributed by atoms with Crippen molar-refractivity contribution < 1.29 is 9.21 Å². The number of rotatable bonds is 5. The van der Waals surface area contributed by atoms with Gasteiger partial charge >= 0.3 is 0 Å². The number of aromatic nitrogens is 2. The second-order valence-corrected chi connectivity index (χ2v) is 7.03. The van der Waals surface area contributed by atoms with Crippen molar-refractivity contribution in [3.05, 3.63) is 58.6 Å². The Morgan fingerprint density at radius 1 is 1.24 bits per heavy atom. The molecule has 0 bridgehead atoms. The molecule has 4 rings (SSSR count). The smallest absolute Gasteiger partial charge is 0.248 e. The van der Waals surface area contributed by atoms with Gasteiger partial charge in [-0.2, -0.15) is 11.3 Å². The van der Waals surface area contributed by atoms with Crippen LogP contribution in [0.4, 0.5) is 0 Å². The van der Waals surface area contributed by atoms with Gasteiger partial charge in [0.05, 0.1) is 0 Å². The second kappa shape index (κ2) is 7.19. The first-order valence-electron chi connectivity index (χ1n) is 8.47. The predicted molar refractivity (Wildman–Crippen MR) is 96.3 cm³/mol. The fraction of sp³-hybridized carbons (Fsp3) is 0.316. The quantitative estimate of drug-likeness (QED) is 0.701. The zero-order valence-electron chi connectivity index (χ0n) is 13.8. The number of aryl methyl sites for hydroxylation is 1. The molecule has 1 aliphatic heterocycles. The number of nitrogens with zero attached hydrogens (tertiary/aromatic N) is 3. The molecule has 0 aliphatic carbocycles. The second-order valence-electron chi connectivity index (χ2n) is 6.25. The topological polar surface area (TPSA) is 59.2 Å². The third-order valence-corrected chi connectivity index (χ3v) is 5.28. The minimum atomic E-state index is 0.161. The first kappa shape index (κ1) is 16.0. The molecule has 1 aromatic carbocycles. The molecule has 1 aliphatic rings. The standard InChI is InChI=1S/C19H19N3O2S/c23-18(22-10-8-15(12-22)14-4-2-1-3-5-14)7-6-17-20-21-19(24-17)16-9-11-25-13-16/h1-5,9,11,13,15H,6-8,10,12H2. The lowest BCUT2D eigenvalue weighted by molar-refractivity contribution is -0.130. The predicted octanol–water partition coefficient (Wildman–Crippen LogP) is 3.75. The van der Waals surface area contributed by atoms with Crippen LogP contribution in [-0.4, -0.2) is 34.1 Å². The Morgan fingerprint density at radius 2 is 2.12 bits per heavy atom. The maximum absolute atomic E-state index is 12.5. The van der Waals surface area contributed by atoms with Gasteiger partial charge in [-0.25, -0.2) is 0 Å². The van der Waals surface area contributed by atoms with Gasteiger partial charge in [0, 0.05) is 42.8 Å². The van der Waals surface area contributed by atoms with Crippen LogP contribution in [0.3, 0.4) is 0 Å². The molecule has 0 spiro atoms. The lowest BCUT2D eigenvalue weighted by Crippen LogP contribution is -2.28. The summed E-state index contributed by atoms with van der Waals surface area (Å²) in [5.41, 5.74) is 2.25. The molecule has 0 radical (unpaired) electrons. The summed E-state index contributed by atoms with van der Waals surface area (Å²) >= 11 is 1.59. The van der Waals surface area contributed by atoms with E-state index in [9.17, 15) is 4.79 Å². The largest absolute Gasteiger partial charge is 0.421 e. The summed E-state index contributed by atoms with van der Waals surface area (Å²) in [6.45, 7) is 1.62. The van der Waals surface area contributed by atoms with E-state index in [1.165, 1.54) is 5.56 Å². The van der Waals surface area contributed by atoms with Crippen molar-refractivity contribution in [1.29, 1.82) is 0 Å². The number of carbonyl (C=O) groups excluding carboxylic acids is 1. The molecule has 3 heterocycles. The number of thiophene rings is 1. The van der Waals surface area contributed by atoms with Gasteiger partial charge in [-0.05, 0) is 23.4 Å². The Bertz CT molecular complexity index is 829. The van der Waals surface area contributed by atoms with Crippen molar-refractivity contribution in [2.24, 2.45) is 0 Å². The number of hydrogen-bond acceptors (Lipinski definition) is 5. The van der Waals surface area contributed by atoms with Gasteiger partial charge in [-0.3, -0.25) is 4.79 Å². The van der Waals surface area contributed by atoms with E-state index in [4.69, 9.17) is 4.42 Å². The Balaban J connectivity index is 1.31. The van der Waals surface area contributed by atoms with Crippen molar-refractivity contribution in [2.75, 3.05) is 13.1 Å². The molecule has 5 nitrogen and oxygen atoms in total. The minimum absolute atomic E-state index is 0.161. The molecular formula is C19H19N3O2S. The average Bonchev–Trinajstić information content (AvgIpc) is 3.41. The highest BCUT2D eigenvalue weighted by molar-refractivity contribution is 7.08. The van der Waals surface area contributed by atoms with E-state index in [1.807, 2.05) is 27.8 Å². The third kappa shape index (κ3) is 3.64. The van der Waals surface area contributed by atoms with Crippen LogP contribution in [0.2, 0.25) is 0 Å². The summed E-state index contributed by atoms with van der Waals surface area (Å²) in [6.07, 6.45) is 1.92. The summed E-state index contributed by atoms with van der Waals surface area (Å²) in [5, 5.41) is 12.0. The van der Waals surface area contributed by atoms with Gasteiger partial charge in [0.2, 0.25) is 17.7 Å². The zero-order valence-corrected chi connectivity index (χ0v) is 14.6. The van der Waals surface area contributed by atoms with Gasteiger partial charge < -0.3 is 9.32 Å². The first-order valence-corrected chi connectivity index (χ1v) is 9.41. The fourth-order valence-corrected chi connectivity index (χ4v) is 3.84. The van der Waals surface area contributed by atoms with E-state index in [-0.39, 0.29) is 5.91 Å². The molecule has 2 aromatic heterocycles. The monoisotopic (exact) mass is 353 g/mol. The van der Waals surface area contributed by atoms with Crippen LogP contribution in [-0.2, 0) is 11.2 Å². The SMILES string of the molecule is O=C(CCc1nnc(-c2ccsc2)o1)N1CCC(c2ccccc2)C1. The highest BCUT2D eigenvalue weighted by Crippen LogP contribution is 2.27. The van der Waals surface area contributed by atoms with E-state index < -0.39 is 0 Å². The summed E-state index contributed by atoms with van der Waals surface area (Å²) in [4.78, 5) is 14.4. The van der Waals surface area contributed by atoms with Crippen molar-refractivity contribution in [3.63, 3.8) is 0 Å². The zero-order chi connectivity index (χ0) is 17.1. The Morgan fingerprint density at radius 3 is 2.92 bits per heavy atom. The van der Waals surface area contributed by atoms with E-state index in [0.29, 0.717) is 30.5 Å². The average molecular weight is 353 g/mol. The number of benzene rings is 1. The Hall–Kier alpha value is -2.47. The van der Waals surface area contributed by atoms with Crippen LogP contribution >= 0.6 is 11.3 Å². The molecule has 1 fully saturated rings. The summed E-state index contributed by atoms with van der Waals surface area (Å²) < 4.78 is 5.65. The molecule has 25 heavy (non-hydrogen) atoms. The maximum atomic E-state index is 12.5. The maximum Gasteiger partial charge on any atom is 0.248 e. The van der Waals surface area contributed by atoms with Crippen LogP contribution < -0.4 is 0 Å². The first-order chi connectivity index (χ1) is 12.3. The highest BCUT2D eigenvalue weighted by atomic mass is 32.1. The summed E-state index contributed by atoms with van der Waals surface area (Å²) in [6, 6.07) is 12.4. The number of likely N-dealkylation sites (tertiary alicyclic amines) is 1. The molecule has 3 aromatic rings. The molecule has 6 heteroatoms. The Kier molecular flexibility index (Phi) is 4.61. The van der Waals surface area contributed by atoms with E-state index in [1.54, 1.807) is 11.3 Å². The lowest BCUT2D eigenvalue weighted by Gasteiger charge is -2.16. The van der Waals surface area contributed by atoms with Crippen molar-refractivity contribution in [1.82, 2.24) is 15.1 Å². The highest BCUT2D eigenvalue weighted by Gasteiger charge is 2.27. The normalized spacial score (nSPS) is 17.1. The van der Waals surface area contributed by atoms with Gasteiger partial charge in [0.15, 0.2) is 0 Å². The number of amides is 1. The summed E-state index contributed by atoms with van der Waals surface area (Å²) in [7, 11) is 0. The van der Waals surface area contributed by atoms with Gasteiger partial charge in [-0.1, -0.05) is 30.3 Å². The van der Waals surface area contributed by atoms with Crippen molar-refractivity contribution in [3.8, 4) is 11.5 Å². The van der Waals surface area contributed by atoms with Gasteiger partial charge in [0.1, 0.15) is 0 Å². The fourth-order valence-electron chi connectivity index (χ4n) is 3.21. The van der Waals surface area contributed by atoms with Gasteiger partial charge in [0.25, 0.3) is 0 Å². The van der Waals surface area contributed by atoms with E-state index >= 15 is 0 Å². The van der Waals surface area contributed by atoms with Crippen LogP contribution in [0.25, 0.3) is 11.5 Å². The van der Waals surface area contributed by atoms with Gasteiger partial charge in [-0.15, -0.1) is 10.2 Å². The van der Waals surface area contributed by atoms with Crippen molar-refractivity contribution in [2.45, 2.75) is 25.2 Å².